The Bertz CT molecular complexity index is 1010. The fraction of sp³-hybridized carbons (Fsp3) is 0.476. The number of nitrogens with one attached hydrogen (secondary N) is 1. The minimum Gasteiger partial charge on any atom is -0.384 e. The summed E-state index contributed by atoms with van der Waals surface area (Å²) in [6.45, 7) is 5.05. The van der Waals surface area contributed by atoms with Gasteiger partial charge in [-0.25, -0.2) is 9.97 Å². The van der Waals surface area contributed by atoms with Crippen LogP contribution < -0.4 is 11.1 Å². The van der Waals surface area contributed by atoms with E-state index in [0.29, 0.717) is 48.8 Å². The Morgan fingerprint density at radius 3 is 2.86 bits per heavy atom. The summed E-state index contributed by atoms with van der Waals surface area (Å²) in [5.41, 5.74) is 9.49. The third kappa shape index (κ3) is 4.04. The second kappa shape index (κ2) is 8.75. The van der Waals surface area contributed by atoms with E-state index in [0.717, 1.165) is 36.9 Å². The summed E-state index contributed by atoms with van der Waals surface area (Å²) in [4.78, 5) is 22.4. The van der Waals surface area contributed by atoms with Gasteiger partial charge in [0.1, 0.15) is 16.9 Å². The van der Waals surface area contributed by atoms with Crippen molar-refractivity contribution in [3.63, 3.8) is 0 Å². The molecule has 1 unspecified atom stereocenters. The van der Waals surface area contributed by atoms with Crippen LogP contribution >= 0.6 is 0 Å². The number of nitrogens with zero attached hydrogens (tertiary/aromatic N) is 3. The van der Waals surface area contributed by atoms with E-state index in [1.165, 1.54) is 0 Å². The van der Waals surface area contributed by atoms with Crippen LogP contribution in [0.4, 0.5) is 5.82 Å². The summed E-state index contributed by atoms with van der Waals surface area (Å²) in [6.07, 6.45) is 2.82. The number of benzene rings is 1. The third-order valence-corrected chi connectivity index (χ3v) is 5.18. The average Bonchev–Trinajstić information content (AvgIpc) is 3.33. The second-order valence-corrected chi connectivity index (χ2v) is 7.20. The molecule has 1 aliphatic heterocycles. The van der Waals surface area contributed by atoms with Gasteiger partial charge in [0.25, 0.3) is 5.91 Å². The molecular weight excluding hydrogens is 370 g/mol. The number of carbonyl (C=O) groups is 1. The summed E-state index contributed by atoms with van der Waals surface area (Å²) in [5, 5.41) is 2.93. The molecular formula is C21H27N5O3. The Labute approximate surface area is 169 Å². The number of hydrogen-bond donors (Lipinski definition) is 2. The van der Waals surface area contributed by atoms with Crippen LogP contribution in [0.3, 0.4) is 0 Å². The molecule has 1 aromatic carbocycles. The van der Waals surface area contributed by atoms with E-state index in [4.69, 9.17) is 25.2 Å². The van der Waals surface area contributed by atoms with Crippen molar-refractivity contribution in [2.75, 3.05) is 32.1 Å². The maximum absolute atomic E-state index is 13.0. The lowest BCUT2D eigenvalue weighted by Crippen LogP contribution is -2.26. The van der Waals surface area contributed by atoms with E-state index < -0.39 is 0 Å². The molecule has 154 valence electrons. The SMILES string of the molecule is CCOCCCNC(=O)c1c(N)n(CC2CCCO2)c2nc3ccccc3nc12. The number of carbonyl (C=O) groups excluding carboxylic acids is 1. The summed E-state index contributed by atoms with van der Waals surface area (Å²) in [6, 6.07) is 7.63. The normalized spacial score (nSPS) is 16.7. The first kappa shape index (κ1) is 19.6. The van der Waals surface area contributed by atoms with E-state index >= 15 is 0 Å². The van der Waals surface area contributed by atoms with Crippen LogP contribution in [0.5, 0.6) is 0 Å². The number of anilines is 1. The molecule has 4 rings (SSSR count). The molecule has 1 aliphatic rings. The van der Waals surface area contributed by atoms with Crippen molar-refractivity contribution in [2.45, 2.75) is 38.8 Å². The van der Waals surface area contributed by atoms with Gasteiger partial charge < -0.3 is 25.1 Å². The highest BCUT2D eigenvalue weighted by molar-refractivity contribution is 6.10. The lowest BCUT2D eigenvalue weighted by atomic mass is 10.2. The highest BCUT2D eigenvalue weighted by atomic mass is 16.5. The van der Waals surface area contributed by atoms with Crippen molar-refractivity contribution in [1.29, 1.82) is 0 Å². The van der Waals surface area contributed by atoms with Crippen molar-refractivity contribution < 1.29 is 14.3 Å². The largest absolute Gasteiger partial charge is 0.384 e. The Hall–Kier alpha value is -2.71. The van der Waals surface area contributed by atoms with Crippen LogP contribution in [0.2, 0.25) is 0 Å². The summed E-state index contributed by atoms with van der Waals surface area (Å²) in [7, 11) is 0. The molecule has 3 heterocycles. The fourth-order valence-electron chi connectivity index (χ4n) is 3.73. The van der Waals surface area contributed by atoms with E-state index in [1.54, 1.807) is 0 Å². The van der Waals surface area contributed by atoms with Crippen molar-refractivity contribution in [3.8, 4) is 0 Å². The van der Waals surface area contributed by atoms with Crippen molar-refractivity contribution in [1.82, 2.24) is 19.9 Å². The second-order valence-electron chi connectivity index (χ2n) is 7.20. The standard InChI is InChI=1S/C21H27N5O3/c1-2-28-11-6-10-23-21(27)17-18-20(25-16-9-4-3-8-15(16)24-18)26(19(17)22)13-14-7-5-12-29-14/h3-4,8-9,14H,2,5-7,10-13,22H2,1H3,(H,23,27). The maximum Gasteiger partial charge on any atom is 0.257 e. The van der Waals surface area contributed by atoms with Gasteiger partial charge in [-0.2, -0.15) is 0 Å². The highest BCUT2D eigenvalue weighted by Crippen LogP contribution is 2.29. The maximum atomic E-state index is 13.0. The molecule has 8 heteroatoms. The van der Waals surface area contributed by atoms with E-state index in [-0.39, 0.29) is 12.0 Å². The number of aromatic nitrogens is 3. The molecule has 1 atom stereocenters. The third-order valence-electron chi connectivity index (χ3n) is 5.18. The van der Waals surface area contributed by atoms with Gasteiger partial charge >= 0.3 is 0 Å². The van der Waals surface area contributed by atoms with E-state index in [2.05, 4.69) is 5.32 Å². The minimum atomic E-state index is -0.236. The number of ether oxygens (including phenoxy) is 2. The molecule has 0 saturated carbocycles. The van der Waals surface area contributed by atoms with Gasteiger partial charge in [0.2, 0.25) is 0 Å². The van der Waals surface area contributed by atoms with Gasteiger partial charge in [0.05, 0.1) is 23.7 Å². The van der Waals surface area contributed by atoms with Crippen LogP contribution in [0.1, 0.15) is 36.5 Å². The van der Waals surface area contributed by atoms with Crippen molar-refractivity contribution in [3.05, 3.63) is 29.8 Å². The molecule has 29 heavy (non-hydrogen) atoms. The number of amides is 1. The van der Waals surface area contributed by atoms with Crippen LogP contribution in [-0.4, -0.2) is 52.9 Å². The first-order valence-corrected chi connectivity index (χ1v) is 10.2. The molecule has 0 bridgehead atoms. The molecule has 0 aliphatic carbocycles. The smallest absolute Gasteiger partial charge is 0.257 e. The monoisotopic (exact) mass is 397 g/mol. The molecule has 8 nitrogen and oxygen atoms in total. The van der Waals surface area contributed by atoms with Crippen molar-refractivity contribution >= 4 is 33.9 Å². The zero-order valence-corrected chi connectivity index (χ0v) is 16.7. The molecule has 3 aromatic rings. The number of para-hydroxylation sites is 2. The predicted octanol–water partition coefficient (Wildman–Crippen LogP) is 2.50. The van der Waals surface area contributed by atoms with Crippen LogP contribution in [-0.2, 0) is 16.0 Å². The summed E-state index contributed by atoms with van der Waals surface area (Å²) in [5.74, 6) is 0.146. The quantitative estimate of drug-likeness (QED) is 0.566. The molecule has 0 radical (unpaired) electrons. The number of rotatable bonds is 8. The number of fused-ring (bicyclic) bond motifs is 2. The Kier molecular flexibility index (Phi) is 5.92. The van der Waals surface area contributed by atoms with E-state index in [1.807, 2.05) is 35.8 Å². The summed E-state index contributed by atoms with van der Waals surface area (Å²) >= 11 is 0. The predicted molar refractivity (Wildman–Crippen MR) is 112 cm³/mol. The number of nitrogens with two attached hydrogens (primary N) is 1. The average molecular weight is 397 g/mol. The lowest BCUT2D eigenvalue weighted by molar-refractivity contribution is 0.0941. The zero-order valence-electron chi connectivity index (χ0n) is 16.7. The topological polar surface area (TPSA) is 104 Å². The molecule has 1 saturated heterocycles. The Morgan fingerprint density at radius 1 is 1.34 bits per heavy atom. The number of hydrogen-bond acceptors (Lipinski definition) is 6. The van der Waals surface area contributed by atoms with Gasteiger partial charge in [0, 0.05) is 26.4 Å². The van der Waals surface area contributed by atoms with Gasteiger partial charge in [-0.05, 0) is 38.3 Å². The lowest BCUT2D eigenvalue weighted by Gasteiger charge is -2.13. The molecule has 0 spiro atoms. The van der Waals surface area contributed by atoms with Gasteiger partial charge in [-0.15, -0.1) is 0 Å². The highest BCUT2D eigenvalue weighted by Gasteiger charge is 2.26. The zero-order chi connectivity index (χ0) is 20.2. The molecule has 1 amide bonds. The Morgan fingerprint density at radius 2 is 2.14 bits per heavy atom. The molecule has 3 N–H and O–H groups in total. The molecule has 2 aromatic heterocycles. The Balaban J connectivity index is 1.70. The fourth-order valence-corrected chi connectivity index (χ4v) is 3.73. The van der Waals surface area contributed by atoms with E-state index in [9.17, 15) is 4.79 Å². The van der Waals surface area contributed by atoms with Gasteiger partial charge in [0.15, 0.2) is 5.65 Å². The minimum absolute atomic E-state index is 0.0725. The summed E-state index contributed by atoms with van der Waals surface area (Å²) < 4.78 is 13.0. The van der Waals surface area contributed by atoms with Crippen LogP contribution in [0.15, 0.2) is 24.3 Å². The first-order chi connectivity index (χ1) is 14.2. The van der Waals surface area contributed by atoms with Gasteiger partial charge in [-0.3, -0.25) is 4.79 Å². The van der Waals surface area contributed by atoms with Gasteiger partial charge in [-0.1, -0.05) is 12.1 Å². The first-order valence-electron chi connectivity index (χ1n) is 10.2. The molecule has 1 fully saturated rings. The number of nitrogen functional groups attached to an aromatic ring is 1. The van der Waals surface area contributed by atoms with Crippen LogP contribution in [0.25, 0.3) is 22.2 Å². The van der Waals surface area contributed by atoms with Crippen LogP contribution in [0, 0.1) is 0 Å². The van der Waals surface area contributed by atoms with Crippen molar-refractivity contribution in [2.24, 2.45) is 0 Å².